The van der Waals surface area contributed by atoms with Crippen LogP contribution in [0.1, 0.15) is 39.3 Å². The normalized spacial score (nSPS) is 14.4. The number of guanidine groups is 1. The zero-order valence-corrected chi connectivity index (χ0v) is 12.5. The van der Waals surface area contributed by atoms with Crippen LogP contribution in [0.2, 0.25) is 5.02 Å². The maximum Gasteiger partial charge on any atom is 0.192 e. The fraction of sp³-hybridized carbons (Fsp3) is 0.500. The Hall–Kier alpha value is -1.22. The first kappa shape index (κ1) is 14.8. The molecule has 0 heterocycles. The van der Waals surface area contributed by atoms with E-state index in [2.05, 4.69) is 11.9 Å². The summed E-state index contributed by atoms with van der Waals surface area (Å²) in [6.45, 7) is 8.13. The highest BCUT2D eigenvalue weighted by Gasteiger charge is 2.18. The number of halogens is 1. The predicted molar refractivity (Wildman–Crippen MR) is 79.0 cm³/mol. The van der Waals surface area contributed by atoms with Crippen LogP contribution in [-0.4, -0.2) is 23.4 Å². The SMILES string of the molecule is CC(c1ccccc1Cl)N(C)C(N)=NC(C)(C)C. The molecule has 0 saturated heterocycles. The van der Waals surface area contributed by atoms with Gasteiger partial charge in [0, 0.05) is 12.1 Å². The minimum absolute atomic E-state index is 0.0878. The predicted octanol–water partition coefficient (Wildman–Crippen LogP) is 3.45. The van der Waals surface area contributed by atoms with Crippen LogP contribution in [0, 0.1) is 0 Å². The van der Waals surface area contributed by atoms with E-state index in [0.717, 1.165) is 10.6 Å². The molecule has 1 aromatic rings. The molecule has 2 N–H and O–H groups in total. The van der Waals surface area contributed by atoms with E-state index >= 15 is 0 Å². The van der Waals surface area contributed by atoms with E-state index in [0.29, 0.717) is 5.96 Å². The Morgan fingerprint density at radius 3 is 2.39 bits per heavy atom. The van der Waals surface area contributed by atoms with Gasteiger partial charge in [0.2, 0.25) is 0 Å². The van der Waals surface area contributed by atoms with Crippen molar-refractivity contribution in [3.63, 3.8) is 0 Å². The molecule has 0 radical (unpaired) electrons. The molecular weight excluding hydrogens is 246 g/mol. The molecule has 0 fully saturated rings. The highest BCUT2D eigenvalue weighted by molar-refractivity contribution is 6.31. The van der Waals surface area contributed by atoms with Gasteiger partial charge in [-0.05, 0) is 39.3 Å². The fourth-order valence-electron chi connectivity index (χ4n) is 1.64. The summed E-state index contributed by atoms with van der Waals surface area (Å²) >= 11 is 6.19. The molecule has 1 aromatic carbocycles. The first-order valence-corrected chi connectivity index (χ1v) is 6.43. The maximum atomic E-state index is 6.19. The number of nitrogens with two attached hydrogens (primary N) is 1. The van der Waals surface area contributed by atoms with Gasteiger partial charge in [-0.2, -0.15) is 0 Å². The Morgan fingerprint density at radius 2 is 1.89 bits per heavy atom. The molecule has 0 amide bonds. The number of nitrogens with zero attached hydrogens (tertiary/aromatic N) is 2. The Balaban J connectivity index is 2.95. The third-order valence-corrected chi connectivity index (χ3v) is 3.09. The second-order valence-electron chi connectivity index (χ2n) is 5.45. The summed E-state index contributed by atoms with van der Waals surface area (Å²) in [7, 11) is 1.93. The second kappa shape index (κ2) is 5.61. The smallest absolute Gasteiger partial charge is 0.192 e. The standard InChI is InChI=1S/C14H22ClN3/c1-10(11-8-6-7-9-12(11)15)18(5)13(16)17-14(2,3)4/h6-10H,1-5H3,(H2,16,17). The van der Waals surface area contributed by atoms with E-state index in [9.17, 15) is 0 Å². The van der Waals surface area contributed by atoms with E-state index < -0.39 is 0 Å². The van der Waals surface area contributed by atoms with Gasteiger partial charge in [-0.1, -0.05) is 29.8 Å². The van der Waals surface area contributed by atoms with E-state index in [1.54, 1.807) is 0 Å². The number of rotatable bonds is 2. The van der Waals surface area contributed by atoms with Crippen LogP contribution < -0.4 is 5.73 Å². The Morgan fingerprint density at radius 1 is 1.33 bits per heavy atom. The molecule has 3 nitrogen and oxygen atoms in total. The lowest BCUT2D eigenvalue weighted by Gasteiger charge is -2.28. The molecule has 0 aromatic heterocycles. The van der Waals surface area contributed by atoms with Gasteiger partial charge >= 0.3 is 0 Å². The van der Waals surface area contributed by atoms with E-state index in [1.165, 1.54) is 0 Å². The average molecular weight is 268 g/mol. The molecule has 0 saturated carbocycles. The third kappa shape index (κ3) is 3.91. The number of benzene rings is 1. The van der Waals surface area contributed by atoms with Crippen molar-refractivity contribution in [3.8, 4) is 0 Å². The van der Waals surface area contributed by atoms with Crippen LogP contribution in [-0.2, 0) is 0 Å². The molecule has 4 heteroatoms. The molecule has 0 aliphatic heterocycles. The van der Waals surface area contributed by atoms with Gasteiger partial charge in [-0.25, -0.2) is 4.99 Å². The maximum absolute atomic E-state index is 6.19. The lowest BCUT2D eigenvalue weighted by molar-refractivity contribution is 0.390. The number of aliphatic imine (C=N–C) groups is 1. The van der Waals surface area contributed by atoms with Crippen molar-refractivity contribution in [1.29, 1.82) is 0 Å². The van der Waals surface area contributed by atoms with Crippen molar-refractivity contribution in [2.24, 2.45) is 10.7 Å². The van der Waals surface area contributed by atoms with E-state index in [-0.39, 0.29) is 11.6 Å². The zero-order valence-electron chi connectivity index (χ0n) is 11.7. The lowest BCUT2D eigenvalue weighted by atomic mass is 10.1. The lowest BCUT2D eigenvalue weighted by Crippen LogP contribution is -2.38. The van der Waals surface area contributed by atoms with Crippen LogP contribution in [0.4, 0.5) is 0 Å². The van der Waals surface area contributed by atoms with Crippen LogP contribution in [0.25, 0.3) is 0 Å². The highest BCUT2D eigenvalue weighted by Crippen LogP contribution is 2.26. The Labute approximate surface area is 115 Å². The van der Waals surface area contributed by atoms with E-state index in [1.807, 2.05) is 57.0 Å². The fourth-order valence-corrected chi connectivity index (χ4v) is 1.94. The largest absolute Gasteiger partial charge is 0.370 e. The minimum Gasteiger partial charge on any atom is -0.370 e. The molecule has 0 bridgehead atoms. The first-order valence-electron chi connectivity index (χ1n) is 6.05. The Kier molecular flexibility index (Phi) is 4.63. The quantitative estimate of drug-likeness (QED) is 0.659. The van der Waals surface area contributed by atoms with Gasteiger partial charge in [0.15, 0.2) is 5.96 Å². The van der Waals surface area contributed by atoms with Crippen LogP contribution in [0.5, 0.6) is 0 Å². The van der Waals surface area contributed by atoms with E-state index in [4.69, 9.17) is 17.3 Å². The van der Waals surface area contributed by atoms with Crippen molar-refractivity contribution < 1.29 is 0 Å². The highest BCUT2D eigenvalue weighted by atomic mass is 35.5. The monoisotopic (exact) mass is 267 g/mol. The van der Waals surface area contributed by atoms with Gasteiger partial charge in [0.05, 0.1) is 11.6 Å². The van der Waals surface area contributed by atoms with Crippen molar-refractivity contribution in [2.45, 2.75) is 39.3 Å². The molecule has 1 unspecified atom stereocenters. The summed E-state index contributed by atoms with van der Waals surface area (Å²) in [4.78, 5) is 6.40. The molecule has 0 spiro atoms. The van der Waals surface area contributed by atoms with Gasteiger partial charge < -0.3 is 10.6 Å². The topological polar surface area (TPSA) is 41.6 Å². The van der Waals surface area contributed by atoms with Gasteiger partial charge in [-0.15, -0.1) is 0 Å². The van der Waals surface area contributed by atoms with Crippen LogP contribution >= 0.6 is 11.6 Å². The molecule has 0 aliphatic carbocycles. The molecule has 100 valence electrons. The average Bonchev–Trinajstić information content (AvgIpc) is 2.25. The molecule has 18 heavy (non-hydrogen) atoms. The van der Waals surface area contributed by atoms with Crippen molar-refractivity contribution in [2.75, 3.05) is 7.05 Å². The summed E-state index contributed by atoms with van der Waals surface area (Å²) < 4.78 is 0. The molecule has 0 aliphatic rings. The summed E-state index contributed by atoms with van der Waals surface area (Å²) in [5.41, 5.74) is 6.89. The second-order valence-corrected chi connectivity index (χ2v) is 5.86. The minimum atomic E-state index is -0.182. The van der Waals surface area contributed by atoms with Crippen molar-refractivity contribution in [3.05, 3.63) is 34.9 Å². The Bertz CT molecular complexity index is 435. The number of hydrogen-bond donors (Lipinski definition) is 1. The summed E-state index contributed by atoms with van der Waals surface area (Å²) in [6.07, 6.45) is 0. The zero-order chi connectivity index (χ0) is 13.9. The summed E-state index contributed by atoms with van der Waals surface area (Å²) in [6, 6.07) is 7.88. The molecule has 1 rings (SSSR count). The summed E-state index contributed by atoms with van der Waals surface area (Å²) in [5, 5.41) is 0.750. The van der Waals surface area contributed by atoms with Gasteiger partial charge in [-0.3, -0.25) is 0 Å². The number of hydrogen-bond acceptors (Lipinski definition) is 1. The van der Waals surface area contributed by atoms with Gasteiger partial charge in [0.25, 0.3) is 0 Å². The molecule has 1 atom stereocenters. The van der Waals surface area contributed by atoms with Crippen molar-refractivity contribution in [1.82, 2.24) is 4.90 Å². The van der Waals surface area contributed by atoms with Crippen LogP contribution in [0.3, 0.4) is 0 Å². The first-order chi connectivity index (χ1) is 8.22. The van der Waals surface area contributed by atoms with Crippen LogP contribution in [0.15, 0.2) is 29.3 Å². The van der Waals surface area contributed by atoms with Gasteiger partial charge in [0.1, 0.15) is 0 Å². The molecular formula is C14H22ClN3. The van der Waals surface area contributed by atoms with Crippen molar-refractivity contribution >= 4 is 17.6 Å². The third-order valence-electron chi connectivity index (χ3n) is 2.75. The summed E-state index contributed by atoms with van der Waals surface area (Å²) in [5.74, 6) is 0.523.